The van der Waals surface area contributed by atoms with E-state index in [9.17, 15) is 4.79 Å². The number of aryl methyl sites for hydroxylation is 1. The first-order chi connectivity index (χ1) is 14.3. The molecule has 0 unspecified atom stereocenters. The minimum atomic E-state index is -0.497. The molecule has 0 aliphatic carbocycles. The lowest BCUT2D eigenvalue weighted by Gasteiger charge is -2.17. The zero-order chi connectivity index (χ0) is 21.6. The molecule has 0 radical (unpaired) electrons. The summed E-state index contributed by atoms with van der Waals surface area (Å²) in [7, 11) is 0. The summed E-state index contributed by atoms with van der Waals surface area (Å²) in [4.78, 5) is 16.3. The number of rotatable bonds is 7. The Morgan fingerprint density at radius 2 is 1.77 bits per heavy atom. The third-order valence-corrected chi connectivity index (χ3v) is 4.22. The number of benzene rings is 2. The minimum Gasteiger partial charge on any atom is -0.493 e. The number of carbonyl (C=O) groups excluding carboxylic acids is 1. The van der Waals surface area contributed by atoms with E-state index in [0.717, 1.165) is 28.3 Å². The fraction of sp³-hybridized carbons (Fsp3) is 0.280. The van der Waals surface area contributed by atoms with Gasteiger partial charge in [0, 0.05) is 18.1 Å². The number of ether oxygens (including phenoxy) is 2. The molecular formula is C25H27NO4. The second-order valence-electron chi connectivity index (χ2n) is 7.92. The van der Waals surface area contributed by atoms with Gasteiger partial charge in [-0.25, -0.2) is 9.78 Å². The molecule has 0 aliphatic heterocycles. The van der Waals surface area contributed by atoms with Crippen LogP contribution in [-0.2, 0) is 16.0 Å². The van der Waals surface area contributed by atoms with Crippen molar-refractivity contribution in [3.63, 3.8) is 0 Å². The molecule has 30 heavy (non-hydrogen) atoms. The average molecular weight is 405 g/mol. The summed E-state index contributed by atoms with van der Waals surface area (Å²) in [6.45, 7) is 7.94. The largest absolute Gasteiger partial charge is 0.493 e. The Morgan fingerprint density at radius 3 is 2.43 bits per heavy atom. The first-order valence-corrected chi connectivity index (χ1v) is 9.96. The van der Waals surface area contributed by atoms with Gasteiger partial charge in [0.25, 0.3) is 0 Å². The molecule has 0 spiro atoms. The quantitative estimate of drug-likeness (QED) is 0.377. The van der Waals surface area contributed by atoms with Crippen LogP contribution in [0.3, 0.4) is 0 Å². The van der Waals surface area contributed by atoms with Crippen molar-refractivity contribution in [2.24, 2.45) is 0 Å². The predicted octanol–water partition coefficient (Wildman–Crippen LogP) is 5.63. The second-order valence-corrected chi connectivity index (χ2v) is 7.92. The van der Waals surface area contributed by atoms with Crippen LogP contribution in [0.4, 0.5) is 0 Å². The summed E-state index contributed by atoms with van der Waals surface area (Å²) < 4.78 is 16.9. The highest BCUT2D eigenvalue weighted by Crippen LogP contribution is 2.22. The molecular weight excluding hydrogens is 378 g/mol. The van der Waals surface area contributed by atoms with Crippen LogP contribution < -0.4 is 4.74 Å². The van der Waals surface area contributed by atoms with Crippen molar-refractivity contribution in [3.05, 3.63) is 77.7 Å². The van der Waals surface area contributed by atoms with Gasteiger partial charge in [0.15, 0.2) is 0 Å². The molecule has 5 nitrogen and oxygen atoms in total. The third-order valence-electron chi connectivity index (χ3n) is 4.22. The van der Waals surface area contributed by atoms with E-state index < -0.39 is 5.60 Å². The van der Waals surface area contributed by atoms with Crippen molar-refractivity contribution < 1.29 is 18.7 Å². The van der Waals surface area contributed by atoms with Gasteiger partial charge in [0.1, 0.15) is 17.1 Å². The van der Waals surface area contributed by atoms with E-state index in [0.29, 0.717) is 18.9 Å². The van der Waals surface area contributed by atoms with Gasteiger partial charge in [-0.05, 0) is 63.6 Å². The van der Waals surface area contributed by atoms with Crippen molar-refractivity contribution in [2.75, 3.05) is 6.61 Å². The van der Waals surface area contributed by atoms with Crippen molar-refractivity contribution >= 4 is 12.0 Å². The molecule has 0 N–H and O–H groups in total. The van der Waals surface area contributed by atoms with Gasteiger partial charge in [-0.2, -0.15) is 0 Å². The van der Waals surface area contributed by atoms with Crippen molar-refractivity contribution in [1.29, 1.82) is 0 Å². The topological polar surface area (TPSA) is 61.6 Å². The maximum absolute atomic E-state index is 11.7. The number of hydrogen-bond acceptors (Lipinski definition) is 5. The highest BCUT2D eigenvalue weighted by Gasteiger charge is 2.14. The smallest absolute Gasteiger partial charge is 0.331 e. The first kappa shape index (κ1) is 21.4. The Bertz CT molecular complexity index is 996. The van der Waals surface area contributed by atoms with Crippen LogP contribution in [0.15, 0.2) is 65.1 Å². The Balaban J connectivity index is 1.51. The average Bonchev–Trinajstić information content (AvgIpc) is 3.07. The summed E-state index contributed by atoms with van der Waals surface area (Å²) in [5, 5.41) is 0. The molecule has 0 bridgehead atoms. The first-order valence-electron chi connectivity index (χ1n) is 9.96. The number of carbonyl (C=O) groups is 1. The van der Waals surface area contributed by atoms with Crippen LogP contribution in [0.25, 0.3) is 17.5 Å². The standard InChI is InChI=1S/C25H27NO4/c1-18-22(26-24(29-18)20-8-6-5-7-9-20)16-17-28-21-13-10-19(11-14-21)12-15-23(27)30-25(2,3)4/h5-15H,16-17H2,1-4H3/b15-12+. The molecule has 5 heteroatoms. The Kier molecular flexibility index (Phi) is 6.72. The van der Waals surface area contributed by atoms with Gasteiger partial charge < -0.3 is 13.9 Å². The number of oxazole rings is 1. The van der Waals surface area contributed by atoms with Crippen molar-refractivity contribution in [1.82, 2.24) is 4.98 Å². The number of aromatic nitrogens is 1. The lowest BCUT2D eigenvalue weighted by molar-refractivity contribution is -0.148. The van der Waals surface area contributed by atoms with Crippen LogP contribution >= 0.6 is 0 Å². The Morgan fingerprint density at radius 1 is 1.07 bits per heavy atom. The lowest BCUT2D eigenvalue weighted by Crippen LogP contribution is -2.22. The highest BCUT2D eigenvalue weighted by atomic mass is 16.6. The monoisotopic (exact) mass is 405 g/mol. The predicted molar refractivity (Wildman–Crippen MR) is 117 cm³/mol. The van der Waals surface area contributed by atoms with Gasteiger partial charge in [0.2, 0.25) is 5.89 Å². The molecule has 0 aliphatic rings. The normalized spacial score (nSPS) is 11.6. The van der Waals surface area contributed by atoms with E-state index in [1.54, 1.807) is 6.08 Å². The SMILES string of the molecule is Cc1oc(-c2ccccc2)nc1CCOc1ccc(/C=C/C(=O)OC(C)(C)C)cc1. The molecule has 1 aromatic heterocycles. The highest BCUT2D eigenvalue weighted by molar-refractivity contribution is 5.87. The van der Waals surface area contributed by atoms with E-state index in [-0.39, 0.29) is 5.97 Å². The lowest BCUT2D eigenvalue weighted by atomic mass is 10.2. The van der Waals surface area contributed by atoms with Gasteiger partial charge in [-0.1, -0.05) is 30.3 Å². The molecule has 0 atom stereocenters. The van der Waals surface area contributed by atoms with Gasteiger partial charge in [0.05, 0.1) is 12.3 Å². The molecule has 3 aromatic rings. The van der Waals surface area contributed by atoms with Crippen LogP contribution in [-0.4, -0.2) is 23.2 Å². The molecule has 0 amide bonds. The van der Waals surface area contributed by atoms with E-state index in [1.165, 1.54) is 6.08 Å². The summed E-state index contributed by atoms with van der Waals surface area (Å²) >= 11 is 0. The molecule has 0 fully saturated rings. The molecule has 1 heterocycles. The van der Waals surface area contributed by atoms with Gasteiger partial charge in [-0.15, -0.1) is 0 Å². The summed E-state index contributed by atoms with van der Waals surface area (Å²) in [5.41, 5.74) is 2.25. The van der Waals surface area contributed by atoms with Crippen LogP contribution in [0.1, 0.15) is 37.8 Å². The zero-order valence-corrected chi connectivity index (χ0v) is 17.8. The van der Waals surface area contributed by atoms with Crippen LogP contribution in [0.2, 0.25) is 0 Å². The number of hydrogen-bond donors (Lipinski definition) is 0. The Labute approximate surface area is 177 Å². The van der Waals surface area contributed by atoms with Crippen LogP contribution in [0.5, 0.6) is 5.75 Å². The fourth-order valence-corrected chi connectivity index (χ4v) is 2.80. The van der Waals surface area contributed by atoms with E-state index in [1.807, 2.05) is 82.3 Å². The summed E-state index contributed by atoms with van der Waals surface area (Å²) in [6.07, 6.45) is 3.81. The second kappa shape index (κ2) is 9.44. The van der Waals surface area contributed by atoms with Gasteiger partial charge in [-0.3, -0.25) is 0 Å². The van der Waals surface area contributed by atoms with E-state index in [2.05, 4.69) is 4.98 Å². The van der Waals surface area contributed by atoms with Crippen molar-refractivity contribution in [3.8, 4) is 17.2 Å². The number of esters is 1. The van der Waals surface area contributed by atoms with Gasteiger partial charge >= 0.3 is 5.97 Å². The fourth-order valence-electron chi connectivity index (χ4n) is 2.80. The van der Waals surface area contributed by atoms with E-state index >= 15 is 0 Å². The third kappa shape index (κ3) is 6.34. The molecule has 0 saturated heterocycles. The molecule has 2 aromatic carbocycles. The van der Waals surface area contributed by atoms with Crippen LogP contribution in [0, 0.1) is 6.92 Å². The summed E-state index contributed by atoms with van der Waals surface area (Å²) in [6, 6.07) is 17.4. The summed E-state index contributed by atoms with van der Waals surface area (Å²) in [5.74, 6) is 1.83. The van der Waals surface area contributed by atoms with E-state index in [4.69, 9.17) is 13.9 Å². The molecule has 0 saturated carbocycles. The number of nitrogens with zero attached hydrogens (tertiary/aromatic N) is 1. The maximum atomic E-state index is 11.7. The molecule has 156 valence electrons. The zero-order valence-electron chi connectivity index (χ0n) is 17.8. The van der Waals surface area contributed by atoms with Crippen molar-refractivity contribution in [2.45, 2.75) is 39.7 Å². The molecule has 3 rings (SSSR count). The maximum Gasteiger partial charge on any atom is 0.331 e. The minimum absolute atomic E-state index is 0.360. The Hall–Kier alpha value is -3.34.